The SMILES string of the molecule is CCCCOc1ccccc1C(CN)N1CCCCCC1. The maximum atomic E-state index is 6.11. The minimum Gasteiger partial charge on any atom is -0.493 e. The molecule has 0 aromatic heterocycles. The van der Waals surface area contributed by atoms with E-state index in [0.717, 1.165) is 38.3 Å². The fourth-order valence-electron chi connectivity index (χ4n) is 3.09. The topological polar surface area (TPSA) is 38.5 Å². The van der Waals surface area contributed by atoms with E-state index in [-0.39, 0.29) is 0 Å². The maximum absolute atomic E-state index is 6.11. The molecule has 0 saturated carbocycles. The van der Waals surface area contributed by atoms with E-state index in [2.05, 4.69) is 36.1 Å². The molecule has 0 radical (unpaired) electrons. The third-order valence-corrected chi connectivity index (χ3v) is 4.34. The molecule has 1 aliphatic rings. The number of hydrogen-bond donors (Lipinski definition) is 1. The highest BCUT2D eigenvalue weighted by atomic mass is 16.5. The van der Waals surface area contributed by atoms with Crippen LogP contribution in [0.2, 0.25) is 0 Å². The standard InChI is InChI=1S/C18H30N2O/c1-2-3-14-21-18-11-7-6-10-16(18)17(15-19)20-12-8-4-5-9-13-20/h6-7,10-11,17H,2-5,8-9,12-15,19H2,1H3. The van der Waals surface area contributed by atoms with Crippen LogP contribution in [0.4, 0.5) is 0 Å². The van der Waals surface area contributed by atoms with Crippen molar-refractivity contribution in [1.82, 2.24) is 4.90 Å². The van der Waals surface area contributed by atoms with Gasteiger partial charge in [-0.15, -0.1) is 0 Å². The lowest BCUT2D eigenvalue weighted by molar-refractivity contribution is 0.202. The molecule has 0 amide bonds. The molecule has 0 bridgehead atoms. The van der Waals surface area contributed by atoms with Gasteiger partial charge in [0.15, 0.2) is 0 Å². The minimum atomic E-state index is 0.293. The van der Waals surface area contributed by atoms with E-state index < -0.39 is 0 Å². The van der Waals surface area contributed by atoms with E-state index in [1.54, 1.807) is 0 Å². The van der Waals surface area contributed by atoms with Crippen LogP contribution in [0.5, 0.6) is 5.75 Å². The molecule has 1 aromatic carbocycles. The van der Waals surface area contributed by atoms with Crippen molar-refractivity contribution in [1.29, 1.82) is 0 Å². The monoisotopic (exact) mass is 290 g/mol. The lowest BCUT2D eigenvalue weighted by atomic mass is 10.0. The second kappa shape index (κ2) is 9.06. The van der Waals surface area contributed by atoms with Crippen LogP contribution in [-0.2, 0) is 0 Å². The van der Waals surface area contributed by atoms with Gasteiger partial charge in [-0.3, -0.25) is 4.90 Å². The molecule has 1 atom stereocenters. The number of hydrogen-bond acceptors (Lipinski definition) is 3. The molecule has 3 heteroatoms. The van der Waals surface area contributed by atoms with Gasteiger partial charge in [0, 0.05) is 12.1 Å². The van der Waals surface area contributed by atoms with Gasteiger partial charge in [-0.25, -0.2) is 0 Å². The van der Waals surface area contributed by atoms with Crippen LogP contribution in [0, 0.1) is 0 Å². The summed E-state index contributed by atoms with van der Waals surface area (Å²) in [7, 11) is 0. The van der Waals surface area contributed by atoms with Gasteiger partial charge in [0.05, 0.1) is 12.6 Å². The number of ether oxygens (including phenoxy) is 1. The Morgan fingerprint density at radius 3 is 2.52 bits per heavy atom. The first kappa shape index (κ1) is 16.3. The Labute approximate surface area is 129 Å². The lowest BCUT2D eigenvalue weighted by Gasteiger charge is -2.31. The fraction of sp³-hybridized carbons (Fsp3) is 0.667. The van der Waals surface area contributed by atoms with Crippen LogP contribution in [0.1, 0.15) is 57.1 Å². The van der Waals surface area contributed by atoms with Gasteiger partial charge in [-0.1, -0.05) is 44.4 Å². The predicted molar refractivity (Wildman–Crippen MR) is 88.7 cm³/mol. The summed E-state index contributed by atoms with van der Waals surface area (Å²) in [6.45, 7) is 5.96. The number of nitrogens with zero attached hydrogens (tertiary/aromatic N) is 1. The highest BCUT2D eigenvalue weighted by Crippen LogP contribution is 2.30. The Kier molecular flexibility index (Phi) is 7.04. The predicted octanol–water partition coefficient (Wildman–Crippen LogP) is 3.74. The van der Waals surface area contributed by atoms with Gasteiger partial charge in [0.1, 0.15) is 5.75 Å². The lowest BCUT2D eigenvalue weighted by Crippen LogP contribution is -2.34. The molecule has 1 aliphatic heterocycles. The van der Waals surface area contributed by atoms with Crippen molar-refractivity contribution in [2.75, 3.05) is 26.2 Å². The average molecular weight is 290 g/mol. The molecular weight excluding hydrogens is 260 g/mol. The second-order valence-corrected chi connectivity index (χ2v) is 5.94. The smallest absolute Gasteiger partial charge is 0.124 e. The summed E-state index contributed by atoms with van der Waals surface area (Å²) in [5.74, 6) is 1.02. The van der Waals surface area contributed by atoms with E-state index >= 15 is 0 Å². The van der Waals surface area contributed by atoms with E-state index in [1.807, 2.05) is 0 Å². The van der Waals surface area contributed by atoms with Crippen molar-refractivity contribution in [3.05, 3.63) is 29.8 Å². The molecule has 1 fully saturated rings. The van der Waals surface area contributed by atoms with Gasteiger partial charge in [0.2, 0.25) is 0 Å². The summed E-state index contributed by atoms with van der Waals surface area (Å²) in [5, 5.41) is 0. The Hall–Kier alpha value is -1.06. The first-order valence-electron chi connectivity index (χ1n) is 8.52. The summed E-state index contributed by atoms with van der Waals surface area (Å²) in [4.78, 5) is 2.55. The zero-order valence-electron chi connectivity index (χ0n) is 13.4. The molecule has 118 valence electrons. The molecule has 0 spiro atoms. The minimum absolute atomic E-state index is 0.293. The van der Waals surface area contributed by atoms with Gasteiger partial charge in [-0.2, -0.15) is 0 Å². The largest absolute Gasteiger partial charge is 0.493 e. The van der Waals surface area contributed by atoms with E-state index in [9.17, 15) is 0 Å². The van der Waals surface area contributed by atoms with E-state index in [1.165, 1.54) is 31.2 Å². The van der Waals surface area contributed by atoms with Crippen LogP contribution >= 0.6 is 0 Å². The van der Waals surface area contributed by atoms with Crippen LogP contribution in [-0.4, -0.2) is 31.1 Å². The molecule has 1 unspecified atom stereocenters. The fourth-order valence-corrected chi connectivity index (χ4v) is 3.09. The van der Waals surface area contributed by atoms with Gasteiger partial charge in [-0.05, 0) is 38.4 Å². The normalized spacial score (nSPS) is 18.2. The molecule has 1 aromatic rings. The summed E-state index contributed by atoms with van der Waals surface area (Å²) in [6.07, 6.45) is 7.54. The van der Waals surface area contributed by atoms with Crippen LogP contribution in [0.15, 0.2) is 24.3 Å². The van der Waals surface area contributed by atoms with Crippen molar-refractivity contribution in [2.45, 2.75) is 51.5 Å². The molecule has 0 aliphatic carbocycles. The van der Waals surface area contributed by atoms with Gasteiger partial charge in [0.25, 0.3) is 0 Å². The molecule has 1 saturated heterocycles. The first-order valence-corrected chi connectivity index (χ1v) is 8.52. The number of para-hydroxylation sites is 1. The van der Waals surface area contributed by atoms with Gasteiger partial charge >= 0.3 is 0 Å². The summed E-state index contributed by atoms with van der Waals surface area (Å²) < 4.78 is 6.00. The van der Waals surface area contributed by atoms with Crippen LogP contribution < -0.4 is 10.5 Å². The zero-order valence-corrected chi connectivity index (χ0v) is 13.4. The van der Waals surface area contributed by atoms with Crippen LogP contribution in [0.25, 0.3) is 0 Å². The van der Waals surface area contributed by atoms with Crippen molar-refractivity contribution in [2.24, 2.45) is 5.73 Å². The molecule has 2 rings (SSSR count). The number of rotatable bonds is 7. The Morgan fingerprint density at radius 1 is 1.14 bits per heavy atom. The molecule has 2 N–H and O–H groups in total. The summed E-state index contributed by atoms with van der Waals surface area (Å²) >= 11 is 0. The number of unbranched alkanes of at least 4 members (excludes halogenated alkanes) is 1. The third kappa shape index (κ3) is 4.72. The van der Waals surface area contributed by atoms with Gasteiger partial charge < -0.3 is 10.5 Å². The number of nitrogens with two attached hydrogens (primary N) is 1. The highest BCUT2D eigenvalue weighted by molar-refractivity contribution is 5.36. The maximum Gasteiger partial charge on any atom is 0.124 e. The van der Waals surface area contributed by atoms with E-state index in [4.69, 9.17) is 10.5 Å². The Morgan fingerprint density at radius 2 is 1.86 bits per heavy atom. The van der Waals surface area contributed by atoms with Crippen molar-refractivity contribution in [3.8, 4) is 5.75 Å². The summed E-state index contributed by atoms with van der Waals surface area (Å²) in [6, 6.07) is 8.72. The van der Waals surface area contributed by atoms with Crippen molar-refractivity contribution < 1.29 is 4.74 Å². The quantitative estimate of drug-likeness (QED) is 0.777. The van der Waals surface area contributed by atoms with Crippen LogP contribution in [0.3, 0.4) is 0 Å². The number of likely N-dealkylation sites (tertiary alicyclic amines) is 1. The molecule has 21 heavy (non-hydrogen) atoms. The Balaban J connectivity index is 2.12. The second-order valence-electron chi connectivity index (χ2n) is 5.94. The molecule has 3 nitrogen and oxygen atoms in total. The van der Waals surface area contributed by atoms with Crippen molar-refractivity contribution in [3.63, 3.8) is 0 Å². The van der Waals surface area contributed by atoms with E-state index in [0.29, 0.717) is 12.6 Å². The Bertz CT molecular complexity index is 400. The first-order chi connectivity index (χ1) is 10.4. The third-order valence-electron chi connectivity index (χ3n) is 4.34. The summed E-state index contributed by atoms with van der Waals surface area (Å²) in [5.41, 5.74) is 7.38. The molecule has 1 heterocycles. The van der Waals surface area contributed by atoms with Crippen molar-refractivity contribution >= 4 is 0 Å². The molecular formula is C18H30N2O. The average Bonchev–Trinajstić information content (AvgIpc) is 2.79. The highest BCUT2D eigenvalue weighted by Gasteiger charge is 2.22. The number of benzene rings is 1. The zero-order chi connectivity index (χ0) is 14.9.